The molecule has 1 rings (SSSR count). The minimum absolute atomic E-state index is 0.328. The second-order valence-corrected chi connectivity index (χ2v) is 3.64. The number of halogens is 1. The van der Waals surface area contributed by atoms with Gasteiger partial charge in [-0.25, -0.2) is 0 Å². The normalized spacial score (nSPS) is 13.9. The second kappa shape index (κ2) is 3.34. The van der Waals surface area contributed by atoms with Crippen molar-refractivity contribution in [2.24, 2.45) is 5.92 Å². The summed E-state index contributed by atoms with van der Waals surface area (Å²) >= 11 is 3.13. The molecule has 0 aliphatic carbocycles. The van der Waals surface area contributed by atoms with Crippen molar-refractivity contribution >= 4 is 15.9 Å². The Balaban J connectivity index is 2.76. The van der Waals surface area contributed by atoms with E-state index in [0.29, 0.717) is 22.5 Å². The van der Waals surface area contributed by atoms with E-state index in [0.717, 1.165) is 0 Å². The summed E-state index contributed by atoms with van der Waals surface area (Å²) in [6, 6.07) is 0. The van der Waals surface area contributed by atoms with Gasteiger partial charge in [-0.05, 0) is 27.0 Å². The van der Waals surface area contributed by atoms with Gasteiger partial charge >= 0.3 is 0 Å². The molecule has 1 aromatic rings. The van der Waals surface area contributed by atoms with Gasteiger partial charge in [-0.3, -0.25) is 0 Å². The molecule has 0 spiro atoms. The molecular formula is C7H11BrN2O. The maximum absolute atomic E-state index is 4.98. The molecule has 0 saturated carbocycles. The van der Waals surface area contributed by atoms with E-state index in [1.807, 2.05) is 0 Å². The lowest BCUT2D eigenvalue weighted by molar-refractivity contribution is 0.330. The highest BCUT2D eigenvalue weighted by molar-refractivity contribution is 9.10. The van der Waals surface area contributed by atoms with Gasteiger partial charge in [-0.15, -0.1) is 0 Å². The van der Waals surface area contributed by atoms with Crippen molar-refractivity contribution in [2.75, 3.05) is 0 Å². The Labute approximate surface area is 74.3 Å². The number of aromatic nitrogens is 2. The van der Waals surface area contributed by atoms with Crippen LogP contribution in [0.4, 0.5) is 0 Å². The first-order valence-corrected chi connectivity index (χ1v) is 4.39. The van der Waals surface area contributed by atoms with Gasteiger partial charge in [0.15, 0.2) is 0 Å². The van der Waals surface area contributed by atoms with Gasteiger partial charge in [0, 0.05) is 5.92 Å². The van der Waals surface area contributed by atoms with Crippen LogP contribution in [0.15, 0.2) is 9.26 Å². The van der Waals surface area contributed by atoms with Gasteiger partial charge in [-0.1, -0.05) is 20.8 Å². The second-order valence-electron chi connectivity index (χ2n) is 2.93. The molecule has 0 aromatic carbocycles. The Morgan fingerprint density at radius 1 is 1.36 bits per heavy atom. The van der Waals surface area contributed by atoms with E-state index in [1.54, 1.807) is 0 Å². The molecule has 4 heteroatoms. The predicted molar refractivity (Wildman–Crippen MR) is 45.3 cm³/mol. The lowest BCUT2D eigenvalue weighted by Crippen LogP contribution is -2.01. The summed E-state index contributed by atoms with van der Waals surface area (Å²) in [6.07, 6.45) is 0. The molecule has 0 bridgehead atoms. The number of hydrogen-bond acceptors (Lipinski definition) is 3. The summed E-state index contributed by atoms with van der Waals surface area (Å²) in [5.41, 5.74) is 0. The van der Waals surface area contributed by atoms with Gasteiger partial charge in [0.2, 0.25) is 10.6 Å². The van der Waals surface area contributed by atoms with Crippen LogP contribution in [-0.2, 0) is 0 Å². The number of hydrogen-bond donors (Lipinski definition) is 0. The monoisotopic (exact) mass is 218 g/mol. The Morgan fingerprint density at radius 3 is 2.36 bits per heavy atom. The highest BCUT2D eigenvalue weighted by Crippen LogP contribution is 2.22. The van der Waals surface area contributed by atoms with Crippen molar-refractivity contribution < 1.29 is 4.52 Å². The highest BCUT2D eigenvalue weighted by Gasteiger charge is 2.16. The van der Waals surface area contributed by atoms with Crippen LogP contribution in [0.1, 0.15) is 32.6 Å². The Kier molecular flexibility index (Phi) is 2.65. The van der Waals surface area contributed by atoms with Crippen molar-refractivity contribution in [2.45, 2.75) is 26.7 Å². The number of rotatable bonds is 2. The summed E-state index contributed by atoms with van der Waals surface area (Å²) in [5.74, 6) is 1.56. The molecule has 0 saturated heterocycles. The van der Waals surface area contributed by atoms with Gasteiger partial charge in [0.05, 0.1) is 0 Å². The number of nitrogens with zero attached hydrogens (tertiary/aromatic N) is 2. The molecule has 0 fully saturated rings. The minimum Gasteiger partial charge on any atom is -0.338 e. The zero-order valence-corrected chi connectivity index (χ0v) is 8.42. The molecule has 1 aromatic heterocycles. The van der Waals surface area contributed by atoms with E-state index in [9.17, 15) is 0 Å². The maximum Gasteiger partial charge on any atom is 0.238 e. The van der Waals surface area contributed by atoms with Crippen LogP contribution < -0.4 is 0 Å². The molecule has 0 N–H and O–H groups in total. The van der Waals surface area contributed by atoms with Crippen LogP contribution in [0.5, 0.6) is 0 Å². The van der Waals surface area contributed by atoms with Gasteiger partial charge < -0.3 is 4.52 Å². The van der Waals surface area contributed by atoms with Crippen LogP contribution in [-0.4, -0.2) is 10.1 Å². The van der Waals surface area contributed by atoms with E-state index in [4.69, 9.17) is 4.52 Å². The molecule has 1 atom stereocenters. The van der Waals surface area contributed by atoms with Gasteiger partial charge in [-0.2, -0.15) is 4.98 Å². The fourth-order valence-corrected chi connectivity index (χ4v) is 0.933. The summed E-state index contributed by atoms with van der Waals surface area (Å²) < 4.78 is 5.51. The molecule has 11 heavy (non-hydrogen) atoms. The SMILES string of the molecule is CC(C)C(C)c1nc(Br)no1. The van der Waals surface area contributed by atoms with Crippen LogP contribution in [0, 0.1) is 5.92 Å². The minimum atomic E-state index is 0.328. The standard InChI is InChI=1S/C7H11BrN2O/c1-4(2)5(3)6-9-7(8)10-11-6/h4-5H,1-3H3. The third kappa shape index (κ3) is 2.02. The van der Waals surface area contributed by atoms with E-state index in [2.05, 4.69) is 46.8 Å². The van der Waals surface area contributed by atoms with Crippen molar-refractivity contribution in [3.8, 4) is 0 Å². The van der Waals surface area contributed by atoms with Gasteiger partial charge in [0.25, 0.3) is 0 Å². The molecule has 1 unspecified atom stereocenters. The topological polar surface area (TPSA) is 38.9 Å². The fraction of sp³-hybridized carbons (Fsp3) is 0.714. The molecule has 0 aliphatic heterocycles. The van der Waals surface area contributed by atoms with Crippen molar-refractivity contribution in [1.29, 1.82) is 0 Å². The van der Waals surface area contributed by atoms with Crippen LogP contribution in [0.25, 0.3) is 0 Å². The predicted octanol–water partition coefficient (Wildman–Crippen LogP) is 2.59. The quantitative estimate of drug-likeness (QED) is 0.767. The molecule has 0 radical (unpaired) electrons. The first kappa shape index (κ1) is 8.71. The third-order valence-corrected chi connectivity index (χ3v) is 2.13. The Morgan fingerprint density at radius 2 is 2.00 bits per heavy atom. The van der Waals surface area contributed by atoms with E-state index < -0.39 is 0 Å². The van der Waals surface area contributed by atoms with Crippen LogP contribution in [0.3, 0.4) is 0 Å². The first-order chi connectivity index (χ1) is 5.11. The summed E-state index contributed by atoms with van der Waals surface area (Å²) in [5, 5.41) is 3.65. The average molecular weight is 219 g/mol. The smallest absolute Gasteiger partial charge is 0.238 e. The molecular weight excluding hydrogens is 208 g/mol. The Bertz CT molecular complexity index is 234. The molecule has 0 amide bonds. The van der Waals surface area contributed by atoms with E-state index in [1.165, 1.54) is 0 Å². The third-order valence-electron chi connectivity index (χ3n) is 1.81. The van der Waals surface area contributed by atoms with Crippen LogP contribution >= 0.6 is 15.9 Å². The zero-order valence-electron chi connectivity index (χ0n) is 6.84. The molecule has 0 aliphatic rings. The molecule has 3 nitrogen and oxygen atoms in total. The summed E-state index contributed by atoms with van der Waals surface area (Å²) in [7, 11) is 0. The maximum atomic E-state index is 4.98. The lowest BCUT2D eigenvalue weighted by atomic mass is 9.98. The Hall–Kier alpha value is -0.380. The lowest BCUT2D eigenvalue weighted by Gasteiger charge is -2.08. The van der Waals surface area contributed by atoms with Crippen LogP contribution in [0.2, 0.25) is 0 Å². The fourth-order valence-electron chi connectivity index (χ4n) is 0.686. The summed E-state index contributed by atoms with van der Waals surface area (Å²) in [4.78, 5) is 4.07. The first-order valence-electron chi connectivity index (χ1n) is 3.60. The molecule has 1 heterocycles. The zero-order chi connectivity index (χ0) is 8.43. The molecule has 62 valence electrons. The van der Waals surface area contributed by atoms with E-state index >= 15 is 0 Å². The highest BCUT2D eigenvalue weighted by atomic mass is 79.9. The summed E-state index contributed by atoms with van der Waals surface area (Å²) in [6.45, 7) is 6.33. The van der Waals surface area contributed by atoms with Crippen molar-refractivity contribution in [1.82, 2.24) is 10.1 Å². The average Bonchev–Trinajstić information content (AvgIpc) is 2.34. The largest absolute Gasteiger partial charge is 0.338 e. The van der Waals surface area contributed by atoms with Crippen molar-refractivity contribution in [3.63, 3.8) is 0 Å². The van der Waals surface area contributed by atoms with E-state index in [-0.39, 0.29) is 0 Å². The van der Waals surface area contributed by atoms with Gasteiger partial charge in [0.1, 0.15) is 0 Å². The van der Waals surface area contributed by atoms with Crippen molar-refractivity contribution in [3.05, 3.63) is 10.6 Å².